The van der Waals surface area contributed by atoms with Gasteiger partial charge in [0, 0.05) is 5.56 Å². The van der Waals surface area contributed by atoms with E-state index >= 15 is 0 Å². The summed E-state index contributed by atoms with van der Waals surface area (Å²) >= 11 is 8.74. The zero-order valence-electron chi connectivity index (χ0n) is 10.0. The van der Waals surface area contributed by atoms with Crippen molar-refractivity contribution in [1.82, 2.24) is 5.32 Å². The van der Waals surface area contributed by atoms with Gasteiger partial charge in [0.25, 0.3) is 0 Å². The van der Waals surface area contributed by atoms with Crippen molar-refractivity contribution in [3.8, 4) is 0 Å². The summed E-state index contributed by atoms with van der Waals surface area (Å²) < 4.78 is 33.4. The Morgan fingerprint density at radius 3 is 2.63 bits per heavy atom. The van der Waals surface area contributed by atoms with Crippen LogP contribution >= 0.6 is 27.5 Å². The van der Waals surface area contributed by atoms with E-state index in [0.29, 0.717) is 17.0 Å². The van der Waals surface area contributed by atoms with Crippen molar-refractivity contribution >= 4 is 27.5 Å². The number of benzene rings is 1. The van der Waals surface area contributed by atoms with E-state index in [2.05, 4.69) is 21.2 Å². The van der Waals surface area contributed by atoms with Gasteiger partial charge in [0.2, 0.25) is 0 Å². The minimum Gasteiger partial charge on any atom is -0.452 e. The summed E-state index contributed by atoms with van der Waals surface area (Å²) in [5, 5.41) is 2.81. The van der Waals surface area contributed by atoms with Crippen molar-refractivity contribution < 1.29 is 13.2 Å². The molecule has 0 aliphatic rings. The second-order valence-corrected chi connectivity index (χ2v) is 5.11. The van der Waals surface area contributed by atoms with E-state index in [-0.39, 0.29) is 10.6 Å². The molecule has 1 atom stereocenters. The molecule has 1 N–H and O–H groups in total. The largest absolute Gasteiger partial charge is 0.452 e. The highest BCUT2D eigenvalue weighted by molar-refractivity contribution is 9.10. The van der Waals surface area contributed by atoms with Gasteiger partial charge in [-0.15, -0.1) is 0 Å². The highest BCUT2D eigenvalue weighted by Crippen LogP contribution is 2.30. The first-order valence-electron chi connectivity index (χ1n) is 5.66. The number of furan rings is 1. The van der Waals surface area contributed by atoms with E-state index < -0.39 is 17.7 Å². The van der Waals surface area contributed by atoms with Crippen LogP contribution in [0, 0.1) is 11.6 Å². The maximum atomic E-state index is 14.0. The van der Waals surface area contributed by atoms with Gasteiger partial charge >= 0.3 is 0 Å². The molecule has 1 aromatic heterocycles. The maximum Gasteiger partial charge on any atom is 0.169 e. The zero-order chi connectivity index (χ0) is 14.0. The van der Waals surface area contributed by atoms with Gasteiger partial charge in [0.05, 0.1) is 11.1 Å². The number of halogens is 4. The summed E-state index contributed by atoms with van der Waals surface area (Å²) in [5.41, 5.74) is 0.158. The Morgan fingerprint density at radius 1 is 1.32 bits per heavy atom. The van der Waals surface area contributed by atoms with Crippen molar-refractivity contribution in [3.05, 3.63) is 56.9 Å². The molecule has 1 aromatic carbocycles. The Hall–Kier alpha value is -0.910. The molecule has 0 radical (unpaired) electrons. The first kappa shape index (κ1) is 14.5. The van der Waals surface area contributed by atoms with Gasteiger partial charge < -0.3 is 9.73 Å². The number of hydrogen-bond acceptors (Lipinski definition) is 2. The molecule has 2 rings (SSSR count). The van der Waals surface area contributed by atoms with Crippen molar-refractivity contribution in [1.29, 1.82) is 0 Å². The summed E-state index contributed by atoms with van der Waals surface area (Å²) in [6, 6.07) is 4.88. The van der Waals surface area contributed by atoms with Crippen molar-refractivity contribution in [2.45, 2.75) is 13.0 Å². The molecule has 0 bridgehead atoms. The molecule has 2 aromatic rings. The molecule has 102 valence electrons. The van der Waals surface area contributed by atoms with Gasteiger partial charge in [-0.3, -0.25) is 0 Å². The van der Waals surface area contributed by atoms with Crippen LogP contribution in [0.2, 0.25) is 5.02 Å². The van der Waals surface area contributed by atoms with Crippen molar-refractivity contribution in [2.24, 2.45) is 0 Å². The third kappa shape index (κ3) is 3.16. The smallest absolute Gasteiger partial charge is 0.169 e. The highest BCUT2D eigenvalue weighted by Gasteiger charge is 2.22. The van der Waals surface area contributed by atoms with Gasteiger partial charge in [0.1, 0.15) is 17.4 Å². The molecule has 6 heteroatoms. The third-order valence-corrected chi connectivity index (χ3v) is 3.35. The average molecular weight is 351 g/mol. The molecular weight excluding hydrogens is 340 g/mol. The molecule has 0 saturated carbocycles. The molecule has 1 unspecified atom stereocenters. The molecule has 0 amide bonds. The van der Waals surface area contributed by atoms with Crippen LogP contribution in [0.3, 0.4) is 0 Å². The van der Waals surface area contributed by atoms with E-state index in [1.807, 2.05) is 6.92 Å². The van der Waals surface area contributed by atoms with Gasteiger partial charge in [-0.1, -0.05) is 18.5 Å². The topological polar surface area (TPSA) is 25.2 Å². The molecular formula is C13H11BrClF2NO. The predicted octanol–water partition coefficient (Wildman–Crippen LogP) is 4.67. The lowest BCUT2D eigenvalue weighted by molar-refractivity contribution is 0.427. The predicted molar refractivity (Wildman–Crippen MR) is 73.3 cm³/mol. The van der Waals surface area contributed by atoms with Crippen LogP contribution in [0.25, 0.3) is 0 Å². The summed E-state index contributed by atoms with van der Waals surface area (Å²) in [4.78, 5) is 0. The van der Waals surface area contributed by atoms with Crippen molar-refractivity contribution in [3.63, 3.8) is 0 Å². The van der Waals surface area contributed by atoms with Gasteiger partial charge in [-0.2, -0.15) is 0 Å². The molecule has 0 spiro atoms. The number of nitrogens with one attached hydrogen (secondary N) is 1. The molecule has 0 fully saturated rings. The Morgan fingerprint density at radius 2 is 2.05 bits per heavy atom. The normalized spacial score (nSPS) is 12.7. The fourth-order valence-electron chi connectivity index (χ4n) is 1.81. The standard InChI is InChI=1S/C13H11BrClF2NO/c1-2-18-13(11-3-4-12(14)19-11)7-5-10(17)8(15)6-9(7)16/h3-6,13,18H,2H2,1H3. The van der Waals surface area contributed by atoms with Gasteiger partial charge in [-0.25, -0.2) is 8.78 Å². The number of hydrogen-bond donors (Lipinski definition) is 1. The minimum atomic E-state index is -0.661. The second kappa shape index (κ2) is 6.03. The van der Waals surface area contributed by atoms with Crippen LogP contribution in [0.4, 0.5) is 8.78 Å². The van der Waals surface area contributed by atoms with Crippen LogP contribution in [-0.2, 0) is 0 Å². The van der Waals surface area contributed by atoms with Crippen LogP contribution < -0.4 is 5.32 Å². The van der Waals surface area contributed by atoms with Gasteiger partial charge in [-0.05, 0) is 46.7 Å². The number of rotatable bonds is 4. The summed E-state index contributed by atoms with van der Waals surface area (Å²) in [6.07, 6.45) is 0. The lowest BCUT2D eigenvalue weighted by Gasteiger charge is -2.17. The Labute approximate surface area is 122 Å². The second-order valence-electron chi connectivity index (χ2n) is 3.92. The Bertz CT molecular complexity index is 588. The third-order valence-electron chi connectivity index (χ3n) is 2.64. The van der Waals surface area contributed by atoms with E-state index in [4.69, 9.17) is 16.0 Å². The average Bonchev–Trinajstić information content (AvgIpc) is 2.78. The fourth-order valence-corrected chi connectivity index (χ4v) is 2.28. The van der Waals surface area contributed by atoms with Crippen LogP contribution in [-0.4, -0.2) is 6.54 Å². The first-order valence-corrected chi connectivity index (χ1v) is 6.83. The van der Waals surface area contributed by atoms with E-state index in [1.54, 1.807) is 12.1 Å². The zero-order valence-corrected chi connectivity index (χ0v) is 12.4. The van der Waals surface area contributed by atoms with Crippen LogP contribution in [0.5, 0.6) is 0 Å². The molecule has 0 aliphatic heterocycles. The minimum absolute atomic E-state index is 0.158. The van der Waals surface area contributed by atoms with Crippen molar-refractivity contribution in [2.75, 3.05) is 6.54 Å². The SMILES string of the molecule is CCNC(c1ccc(Br)o1)c1cc(F)c(Cl)cc1F. The Kier molecular flexibility index (Phi) is 4.60. The van der Waals surface area contributed by atoms with Crippen LogP contribution in [0.15, 0.2) is 33.4 Å². The van der Waals surface area contributed by atoms with E-state index in [0.717, 1.165) is 12.1 Å². The van der Waals surface area contributed by atoms with E-state index in [1.165, 1.54) is 0 Å². The summed E-state index contributed by atoms with van der Waals surface area (Å²) in [5.74, 6) is -0.745. The fraction of sp³-hybridized carbons (Fsp3) is 0.231. The lowest BCUT2D eigenvalue weighted by Crippen LogP contribution is -2.22. The lowest BCUT2D eigenvalue weighted by atomic mass is 10.0. The Balaban J connectivity index is 2.47. The first-order chi connectivity index (χ1) is 9.02. The molecule has 0 aliphatic carbocycles. The van der Waals surface area contributed by atoms with E-state index in [9.17, 15) is 8.78 Å². The quantitative estimate of drug-likeness (QED) is 0.811. The van der Waals surface area contributed by atoms with Crippen LogP contribution in [0.1, 0.15) is 24.3 Å². The highest BCUT2D eigenvalue weighted by atomic mass is 79.9. The maximum absolute atomic E-state index is 14.0. The van der Waals surface area contributed by atoms with Gasteiger partial charge in [0.15, 0.2) is 4.67 Å². The molecule has 1 heterocycles. The summed E-state index contributed by atoms with van der Waals surface area (Å²) in [7, 11) is 0. The molecule has 2 nitrogen and oxygen atoms in total. The molecule has 19 heavy (non-hydrogen) atoms. The summed E-state index contributed by atoms with van der Waals surface area (Å²) in [6.45, 7) is 2.45. The monoisotopic (exact) mass is 349 g/mol. The molecule has 0 saturated heterocycles.